The molecule has 2 aliphatic heterocycles. The van der Waals surface area contributed by atoms with Gasteiger partial charge < -0.3 is 19.9 Å². The van der Waals surface area contributed by atoms with Crippen molar-refractivity contribution >= 4 is 29.1 Å². The van der Waals surface area contributed by atoms with Gasteiger partial charge in [0.15, 0.2) is 0 Å². The zero-order valence-corrected chi connectivity index (χ0v) is 18.7. The van der Waals surface area contributed by atoms with Gasteiger partial charge in [0, 0.05) is 49.9 Å². The van der Waals surface area contributed by atoms with Crippen LogP contribution in [-0.2, 0) is 4.79 Å². The van der Waals surface area contributed by atoms with E-state index in [4.69, 9.17) is 16.3 Å². The molecule has 2 aromatic rings. The molecule has 2 fully saturated rings. The Morgan fingerprint density at radius 2 is 1.81 bits per heavy atom. The number of nitrogens with zero attached hydrogens (tertiary/aromatic N) is 2. The van der Waals surface area contributed by atoms with Gasteiger partial charge in [0.2, 0.25) is 5.91 Å². The lowest BCUT2D eigenvalue weighted by atomic mass is 10.0. The number of likely N-dealkylation sites (tertiary alicyclic amines) is 2. The fourth-order valence-corrected chi connectivity index (χ4v) is 4.76. The Kier molecular flexibility index (Phi) is 6.49. The average Bonchev–Trinajstić information content (AvgIpc) is 3.33. The Balaban J connectivity index is 1.25. The lowest BCUT2D eigenvalue weighted by Crippen LogP contribution is -2.34. The molecule has 2 amide bonds. The number of methoxy groups -OCH3 is 1. The van der Waals surface area contributed by atoms with Gasteiger partial charge in [-0.3, -0.25) is 9.59 Å². The molecule has 2 unspecified atom stereocenters. The average molecular weight is 442 g/mol. The molecule has 4 rings (SSSR count). The highest BCUT2D eigenvalue weighted by molar-refractivity contribution is 6.31. The number of hydrogen-bond donors (Lipinski definition) is 1. The van der Waals surface area contributed by atoms with E-state index >= 15 is 0 Å². The van der Waals surface area contributed by atoms with Crippen molar-refractivity contribution in [3.8, 4) is 5.75 Å². The second-order valence-corrected chi connectivity index (χ2v) is 8.86. The maximum Gasteiger partial charge on any atom is 0.257 e. The third kappa shape index (κ3) is 4.86. The Bertz CT molecular complexity index is 966. The largest absolute Gasteiger partial charge is 0.496 e. The Hall–Kier alpha value is -2.57. The quantitative estimate of drug-likeness (QED) is 0.742. The van der Waals surface area contributed by atoms with Gasteiger partial charge in [-0.05, 0) is 48.6 Å². The van der Waals surface area contributed by atoms with Gasteiger partial charge >= 0.3 is 0 Å². The second kappa shape index (κ2) is 9.28. The van der Waals surface area contributed by atoms with E-state index in [0.717, 1.165) is 44.0 Å². The molecule has 1 N–H and O–H groups in total. The number of anilines is 1. The lowest BCUT2D eigenvalue weighted by Gasteiger charge is -2.22. The van der Waals surface area contributed by atoms with Crippen LogP contribution in [0.5, 0.6) is 5.75 Å². The van der Waals surface area contributed by atoms with Crippen LogP contribution in [0, 0.1) is 18.8 Å². The van der Waals surface area contributed by atoms with Gasteiger partial charge in [0.1, 0.15) is 5.75 Å². The minimum absolute atomic E-state index is 0.00930. The number of ether oxygens (including phenoxy) is 1. The van der Waals surface area contributed by atoms with Crippen molar-refractivity contribution < 1.29 is 14.3 Å². The molecule has 0 saturated carbocycles. The van der Waals surface area contributed by atoms with Gasteiger partial charge in [-0.2, -0.15) is 0 Å². The van der Waals surface area contributed by atoms with Gasteiger partial charge in [-0.1, -0.05) is 29.8 Å². The lowest BCUT2D eigenvalue weighted by molar-refractivity contribution is -0.116. The van der Waals surface area contributed by atoms with Gasteiger partial charge in [0.25, 0.3) is 5.91 Å². The summed E-state index contributed by atoms with van der Waals surface area (Å²) in [6.45, 7) is 6.01. The predicted octanol–water partition coefficient (Wildman–Crippen LogP) is 3.69. The van der Waals surface area contributed by atoms with E-state index in [1.807, 2.05) is 48.2 Å². The van der Waals surface area contributed by atoms with E-state index in [0.29, 0.717) is 34.6 Å². The van der Waals surface area contributed by atoms with E-state index in [-0.39, 0.29) is 11.8 Å². The molecule has 0 radical (unpaired) electrons. The number of carbonyl (C=O) groups excluding carboxylic acids is 2. The first kappa shape index (κ1) is 21.7. The van der Waals surface area contributed by atoms with Crippen molar-refractivity contribution in [3.05, 3.63) is 58.6 Å². The number of hydrogen-bond acceptors (Lipinski definition) is 4. The minimum atomic E-state index is -0.00930. The molecule has 0 spiro atoms. The predicted molar refractivity (Wildman–Crippen MR) is 122 cm³/mol. The van der Waals surface area contributed by atoms with Gasteiger partial charge in [-0.25, -0.2) is 0 Å². The molecule has 2 heterocycles. The summed E-state index contributed by atoms with van der Waals surface area (Å²) >= 11 is 6.13. The molecule has 0 bridgehead atoms. The van der Waals surface area contributed by atoms with E-state index in [1.54, 1.807) is 13.2 Å². The SMILES string of the molecule is COc1ccccc1C(=O)N1CC2CN(CCC(=O)Nc3ccc(C)c(Cl)c3)CC2C1. The van der Waals surface area contributed by atoms with Crippen molar-refractivity contribution in [1.29, 1.82) is 0 Å². The molecule has 2 atom stereocenters. The Labute approximate surface area is 188 Å². The van der Waals surface area contributed by atoms with E-state index < -0.39 is 0 Å². The highest BCUT2D eigenvalue weighted by atomic mass is 35.5. The van der Waals surface area contributed by atoms with Crippen LogP contribution < -0.4 is 10.1 Å². The van der Waals surface area contributed by atoms with E-state index in [1.165, 1.54) is 0 Å². The van der Waals surface area contributed by atoms with Crippen LogP contribution in [-0.4, -0.2) is 61.4 Å². The van der Waals surface area contributed by atoms with Crippen LogP contribution in [0.3, 0.4) is 0 Å². The number of halogens is 1. The van der Waals surface area contributed by atoms with Crippen molar-refractivity contribution in [2.45, 2.75) is 13.3 Å². The number of nitrogens with one attached hydrogen (secondary N) is 1. The highest BCUT2D eigenvalue weighted by Crippen LogP contribution is 2.33. The van der Waals surface area contributed by atoms with Crippen LogP contribution in [0.2, 0.25) is 5.02 Å². The highest BCUT2D eigenvalue weighted by Gasteiger charge is 2.41. The van der Waals surface area contributed by atoms with Crippen molar-refractivity contribution in [3.63, 3.8) is 0 Å². The number of para-hydroxylation sites is 1. The third-order valence-corrected chi connectivity index (χ3v) is 6.70. The van der Waals surface area contributed by atoms with E-state index in [2.05, 4.69) is 10.2 Å². The summed E-state index contributed by atoms with van der Waals surface area (Å²) in [6.07, 6.45) is 0.439. The first-order valence-electron chi connectivity index (χ1n) is 10.6. The topological polar surface area (TPSA) is 61.9 Å². The molecule has 0 aromatic heterocycles. The van der Waals surface area contributed by atoms with Crippen molar-refractivity contribution in [2.75, 3.05) is 45.2 Å². The Morgan fingerprint density at radius 3 is 2.48 bits per heavy atom. The van der Waals surface area contributed by atoms with E-state index in [9.17, 15) is 9.59 Å². The van der Waals surface area contributed by atoms with Crippen LogP contribution >= 0.6 is 11.6 Å². The molecule has 2 saturated heterocycles. The minimum Gasteiger partial charge on any atom is -0.496 e. The molecule has 6 nitrogen and oxygen atoms in total. The molecule has 2 aliphatic rings. The summed E-state index contributed by atoms with van der Waals surface area (Å²) < 4.78 is 5.35. The maximum absolute atomic E-state index is 12.9. The monoisotopic (exact) mass is 441 g/mol. The summed E-state index contributed by atoms with van der Waals surface area (Å²) in [4.78, 5) is 29.5. The number of amides is 2. The number of carbonyl (C=O) groups is 2. The van der Waals surface area contributed by atoms with Crippen molar-refractivity contribution in [1.82, 2.24) is 9.80 Å². The second-order valence-electron chi connectivity index (χ2n) is 8.45. The zero-order valence-electron chi connectivity index (χ0n) is 17.9. The number of aryl methyl sites for hydroxylation is 1. The molecule has 7 heteroatoms. The fraction of sp³-hybridized carbons (Fsp3) is 0.417. The molecule has 2 aromatic carbocycles. The summed E-state index contributed by atoms with van der Waals surface area (Å²) in [6, 6.07) is 12.9. The van der Waals surface area contributed by atoms with Gasteiger partial charge in [0.05, 0.1) is 12.7 Å². The smallest absolute Gasteiger partial charge is 0.257 e. The third-order valence-electron chi connectivity index (χ3n) is 6.30. The van der Waals surface area contributed by atoms with Crippen LogP contribution in [0.4, 0.5) is 5.69 Å². The van der Waals surface area contributed by atoms with Crippen LogP contribution in [0.15, 0.2) is 42.5 Å². The molecular formula is C24H28ClN3O3. The standard InChI is InChI=1S/C24H28ClN3O3/c1-16-7-8-19(11-21(16)25)26-23(29)9-10-27-12-17-14-28(15-18(17)13-27)24(30)20-5-3-4-6-22(20)31-2/h3-8,11,17-18H,9-10,12-15H2,1-2H3,(H,26,29). The molecule has 31 heavy (non-hydrogen) atoms. The number of benzene rings is 2. The summed E-state index contributed by atoms with van der Waals surface area (Å²) in [5.74, 6) is 1.56. The normalized spacial score (nSPS) is 20.5. The maximum atomic E-state index is 12.9. The van der Waals surface area contributed by atoms with Gasteiger partial charge in [-0.15, -0.1) is 0 Å². The summed E-state index contributed by atoms with van der Waals surface area (Å²) in [7, 11) is 1.59. The first-order chi connectivity index (χ1) is 14.9. The first-order valence-corrected chi connectivity index (χ1v) is 11.0. The number of fused-ring (bicyclic) bond motifs is 1. The van der Waals surface area contributed by atoms with Crippen molar-refractivity contribution in [2.24, 2.45) is 11.8 Å². The zero-order chi connectivity index (χ0) is 22.0. The fourth-order valence-electron chi connectivity index (χ4n) is 4.58. The molecular weight excluding hydrogens is 414 g/mol. The molecule has 0 aliphatic carbocycles. The summed E-state index contributed by atoms with van der Waals surface area (Å²) in [5, 5.41) is 3.57. The number of rotatable bonds is 6. The summed E-state index contributed by atoms with van der Waals surface area (Å²) in [5.41, 5.74) is 2.33. The molecule has 164 valence electrons. The van der Waals surface area contributed by atoms with Crippen LogP contribution in [0.1, 0.15) is 22.3 Å². The van der Waals surface area contributed by atoms with Crippen LogP contribution in [0.25, 0.3) is 0 Å². The Morgan fingerprint density at radius 1 is 1.10 bits per heavy atom.